The van der Waals surface area contributed by atoms with Crippen molar-refractivity contribution in [2.75, 3.05) is 6.61 Å². The van der Waals surface area contributed by atoms with Gasteiger partial charge in [0.1, 0.15) is 6.04 Å². The quantitative estimate of drug-likeness (QED) is 0.465. The van der Waals surface area contributed by atoms with Crippen LogP contribution in [-0.2, 0) is 14.3 Å². The van der Waals surface area contributed by atoms with E-state index in [1.807, 2.05) is 0 Å². The molecule has 126 valence electrons. The molecule has 0 aliphatic heterocycles. The molecular formula is C15H20N2O6. The van der Waals surface area contributed by atoms with Gasteiger partial charge in [-0.2, -0.15) is 0 Å². The van der Waals surface area contributed by atoms with Gasteiger partial charge in [0.2, 0.25) is 0 Å². The molecule has 0 aliphatic carbocycles. The van der Waals surface area contributed by atoms with E-state index in [2.05, 4.69) is 5.32 Å². The van der Waals surface area contributed by atoms with Gasteiger partial charge in [0.25, 0.3) is 5.91 Å². The fourth-order valence-electron chi connectivity index (χ4n) is 1.71. The first-order valence-corrected chi connectivity index (χ1v) is 7.09. The second-order valence-corrected chi connectivity index (χ2v) is 5.28. The van der Waals surface area contributed by atoms with Crippen molar-refractivity contribution in [2.45, 2.75) is 39.3 Å². The van der Waals surface area contributed by atoms with Gasteiger partial charge in [-0.25, -0.2) is 4.79 Å². The van der Waals surface area contributed by atoms with Crippen LogP contribution in [0, 0.1) is 10.1 Å². The summed E-state index contributed by atoms with van der Waals surface area (Å²) in [7, 11) is 0. The summed E-state index contributed by atoms with van der Waals surface area (Å²) >= 11 is 0. The lowest BCUT2D eigenvalue weighted by Gasteiger charge is -2.26. The van der Waals surface area contributed by atoms with Gasteiger partial charge < -0.3 is 14.8 Å². The lowest BCUT2D eigenvalue weighted by molar-refractivity contribution is -0.386. The molecular weight excluding hydrogens is 304 g/mol. The maximum absolute atomic E-state index is 12.3. The van der Waals surface area contributed by atoms with Crippen LogP contribution in [0.15, 0.2) is 24.3 Å². The molecule has 1 aromatic rings. The summed E-state index contributed by atoms with van der Waals surface area (Å²) in [5, 5.41) is 13.4. The molecule has 1 rings (SSSR count). The van der Waals surface area contributed by atoms with Gasteiger partial charge in [-0.15, -0.1) is 0 Å². The van der Waals surface area contributed by atoms with E-state index >= 15 is 0 Å². The van der Waals surface area contributed by atoms with Crippen LogP contribution >= 0.6 is 0 Å². The zero-order chi connectivity index (χ0) is 17.6. The number of carbonyl (C=O) groups excluding carboxylic acids is 2. The predicted molar refractivity (Wildman–Crippen MR) is 82.0 cm³/mol. The Kier molecular flexibility index (Phi) is 6.06. The van der Waals surface area contributed by atoms with Gasteiger partial charge in [0, 0.05) is 6.07 Å². The maximum atomic E-state index is 12.3. The Hall–Kier alpha value is -2.64. The van der Waals surface area contributed by atoms with Gasteiger partial charge in [0.15, 0.2) is 11.4 Å². The fourth-order valence-corrected chi connectivity index (χ4v) is 1.71. The third-order valence-corrected chi connectivity index (χ3v) is 2.96. The molecule has 0 radical (unpaired) electrons. The normalized spacial score (nSPS) is 12.2. The van der Waals surface area contributed by atoms with E-state index in [0.717, 1.165) is 0 Å². The van der Waals surface area contributed by atoms with Gasteiger partial charge in [-0.05, 0) is 33.8 Å². The number of benzene rings is 1. The van der Waals surface area contributed by atoms with Crippen LogP contribution in [0.3, 0.4) is 0 Å². The second-order valence-electron chi connectivity index (χ2n) is 5.28. The van der Waals surface area contributed by atoms with Crippen molar-refractivity contribution >= 4 is 17.6 Å². The average molecular weight is 324 g/mol. The van der Waals surface area contributed by atoms with E-state index in [1.54, 1.807) is 13.0 Å². The summed E-state index contributed by atoms with van der Waals surface area (Å²) in [5.41, 5.74) is -1.65. The highest BCUT2D eigenvalue weighted by Crippen LogP contribution is 2.29. The molecule has 1 aromatic carbocycles. The molecule has 1 atom stereocenters. The van der Waals surface area contributed by atoms with Crippen LogP contribution in [-0.4, -0.2) is 35.0 Å². The molecule has 0 bridgehead atoms. The van der Waals surface area contributed by atoms with Gasteiger partial charge in [-0.3, -0.25) is 14.9 Å². The summed E-state index contributed by atoms with van der Waals surface area (Å²) in [6.45, 7) is 6.26. The highest BCUT2D eigenvalue weighted by molar-refractivity contribution is 5.89. The second kappa shape index (κ2) is 7.57. The Balaban J connectivity index is 2.85. The zero-order valence-electron chi connectivity index (χ0n) is 13.5. The van der Waals surface area contributed by atoms with E-state index in [0.29, 0.717) is 0 Å². The molecule has 0 spiro atoms. The molecule has 0 heterocycles. The van der Waals surface area contributed by atoms with Crippen LogP contribution < -0.4 is 10.1 Å². The minimum Gasteiger partial charge on any atom is -0.471 e. The first-order valence-electron chi connectivity index (χ1n) is 7.09. The monoisotopic (exact) mass is 324 g/mol. The molecule has 1 amide bonds. The number of nitro groups is 1. The highest BCUT2D eigenvalue weighted by atomic mass is 16.6. The van der Waals surface area contributed by atoms with Crippen molar-refractivity contribution in [3.63, 3.8) is 0 Å². The number of esters is 1. The number of nitrogens with zero attached hydrogens (tertiary/aromatic N) is 1. The minimum absolute atomic E-state index is 0.0264. The summed E-state index contributed by atoms with van der Waals surface area (Å²) in [6.07, 6.45) is 0. The molecule has 8 nitrogen and oxygen atoms in total. The summed E-state index contributed by atoms with van der Waals surface area (Å²) in [4.78, 5) is 34.2. The Bertz CT molecular complexity index is 599. The lowest BCUT2D eigenvalue weighted by atomic mass is 10.1. The number of para-hydroxylation sites is 2. The molecule has 0 saturated carbocycles. The number of hydrogen-bond donors (Lipinski definition) is 1. The first kappa shape index (κ1) is 18.4. The number of carbonyl (C=O) groups is 2. The lowest BCUT2D eigenvalue weighted by Crippen LogP contribution is -2.51. The van der Waals surface area contributed by atoms with Crippen molar-refractivity contribution in [1.29, 1.82) is 0 Å². The number of nitrogens with one attached hydrogen (secondary N) is 1. The largest absolute Gasteiger partial charge is 0.471 e. The van der Waals surface area contributed by atoms with Crippen molar-refractivity contribution in [3.05, 3.63) is 34.4 Å². The van der Waals surface area contributed by atoms with Crippen LogP contribution in [0.1, 0.15) is 27.7 Å². The molecule has 0 fully saturated rings. The number of amides is 1. The predicted octanol–water partition coefficient (Wildman–Crippen LogP) is 1.82. The van der Waals surface area contributed by atoms with Crippen LogP contribution in [0.5, 0.6) is 5.75 Å². The topological polar surface area (TPSA) is 108 Å². The SMILES string of the molecule is CCOC(=O)[C@H](C)NC(=O)C(C)(C)Oc1ccccc1[N+](=O)[O-]. The van der Waals surface area contributed by atoms with Crippen LogP contribution in [0.25, 0.3) is 0 Å². The smallest absolute Gasteiger partial charge is 0.328 e. The fraction of sp³-hybridized carbons (Fsp3) is 0.467. The molecule has 0 saturated heterocycles. The van der Waals surface area contributed by atoms with Gasteiger partial charge in [0.05, 0.1) is 11.5 Å². The maximum Gasteiger partial charge on any atom is 0.328 e. The third-order valence-electron chi connectivity index (χ3n) is 2.96. The van der Waals surface area contributed by atoms with Gasteiger partial charge in [-0.1, -0.05) is 12.1 Å². The Labute approximate surface area is 133 Å². The van der Waals surface area contributed by atoms with Crippen molar-refractivity contribution in [2.24, 2.45) is 0 Å². The number of nitro benzene ring substituents is 1. The first-order chi connectivity index (χ1) is 10.7. The summed E-state index contributed by atoms with van der Waals surface area (Å²) < 4.78 is 10.3. The molecule has 8 heteroatoms. The number of hydrogen-bond acceptors (Lipinski definition) is 6. The van der Waals surface area contributed by atoms with Gasteiger partial charge >= 0.3 is 11.7 Å². The van der Waals surface area contributed by atoms with E-state index in [4.69, 9.17) is 9.47 Å². The Morgan fingerprint density at radius 2 is 1.96 bits per heavy atom. The average Bonchev–Trinajstić information content (AvgIpc) is 2.47. The molecule has 1 N–H and O–H groups in total. The van der Waals surface area contributed by atoms with Crippen molar-refractivity contribution < 1.29 is 24.0 Å². The van der Waals surface area contributed by atoms with E-state index in [1.165, 1.54) is 39.0 Å². The standard InChI is InChI=1S/C15H20N2O6/c1-5-22-13(18)10(2)16-14(19)15(3,4)23-12-9-7-6-8-11(12)17(20)21/h6-10H,5H2,1-4H3,(H,16,19)/t10-/m0/s1. The molecule has 0 unspecified atom stereocenters. The molecule has 23 heavy (non-hydrogen) atoms. The van der Waals surface area contributed by atoms with E-state index in [9.17, 15) is 19.7 Å². The van der Waals surface area contributed by atoms with Crippen molar-refractivity contribution in [3.8, 4) is 5.75 Å². The third kappa shape index (κ3) is 4.94. The van der Waals surface area contributed by atoms with Crippen LogP contribution in [0.4, 0.5) is 5.69 Å². The summed E-state index contributed by atoms with van der Waals surface area (Å²) in [6, 6.07) is 4.90. The minimum atomic E-state index is -1.41. The Morgan fingerprint density at radius 1 is 1.35 bits per heavy atom. The Morgan fingerprint density at radius 3 is 2.52 bits per heavy atom. The van der Waals surface area contributed by atoms with E-state index < -0.39 is 28.4 Å². The van der Waals surface area contributed by atoms with Crippen molar-refractivity contribution in [1.82, 2.24) is 5.32 Å². The molecule has 0 aromatic heterocycles. The van der Waals surface area contributed by atoms with E-state index in [-0.39, 0.29) is 18.0 Å². The number of ether oxygens (including phenoxy) is 2. The highest BCUT2D eigenvalue weighted by Gasteiger charge is 2.34. The zero-order valence-corrected chi connectivity index (χ0v) is 13.5. The summed E-state index contributed by atoms with van der Waals surface area (Å²) in [5.74, 6) is -1.18. The van der Waals surface area contributed by atoms with Crippen LogP contribution in [0.2, 0.25) is 0 Å². The molecule has 0 aliphatic rings. The number of rotatable bonds is 7.